The highest BCUT2D eigenvalue weighted by molar-refractivity contribution is 5.84. The predicted molar refractivity (Wildman–Crippen MR) is 116 cm³/mol. The summed E-state index contributed by atoms with van der Waals surface area (Å²) in [4.78, 5) is 18.3. The van der Waals surface area contributed by atoms with Crippen molar-refractivity contribution in [2.75, 3.05) is 10.6 Å². The number of aliphatic hydroxyl groups is 1. The van der Waals surface area contributed by atoms with Gasteiger partial charge in [0.2, 0.25) is 5.95 Å². The minimum Gasteiger partial charge on any atom is -0.391 e. The van der Waals surface area contributed by atoms with Gasteiger partial charge in [-0.25, -0.2) is 4.98 Å². The molecule has 156 valence electrons. The van der Waals surface area contributed by atoms with Gasteiger partial charge in [0.1, 0.15) is 0 Å². The SMILES string of the molecule is CCC(Nc1nc(NCc2cnc(C)cc2C)c2ncn(C(C)C)c2n1)[C@@H](C)O. The summed E-state index contributed by atoms with van der Waals surface area (Å²) in [5, 5.41) is 16.7. The molecule has 29 heavy (non-hydrogen) atoms. The zero-order valence-corrected chi connectivity index (χ0v) is 18.1. The third kappa shape index (κ3) is 4.64. The Balaban J connectivity index is 1.97. The summed E-state index contributed by atoms with van der Waals surface area (Å²) in [7, 11) is 0. The molecule has 2 atom stereocenters. The second-order valence-corrected chi connectivity index (χ2v) is 7.82. The van der Waals surface area contributed by atoms with Crippen molar-refractivity contribution in [3.8, 4) is 0 Å². The van der Waals surface area contributed by atoms with Crippen molar-refractivity contribution < 1.29 is 5.11 Å². The van der Waals surface area contributed by atoms with Gasteiger partial charge in [0, 0.05) is 24.5 Å². The summed E-state index contributed by atoms with van der Waals surface area (Å²) in [5.74, 6) is 1.14. The van der Waals surface area contributed by atoms with Gasteiger partial charge in [-0.15, -0.1) is 0 Å². The molecule has 0 aliphatic heterocycles. The Kier molecular flexibility index (Phi) is 6.32. The average molecular weight is 398 g/mol. The van der Waals surface area contributed by atoms with Crippen molar-refractivity contribution in [1.82, 2.24) is 24.5 Å². The maximum atomic E-state index is 10.0. The van der Waals surface area contributed by atoms with E-state index < -0.39 is 6.10 Å². The fourth-order valence-electron chi connectivity index (χ4n) is 3.30. The minimum absolute atomic E-state index is 0.126. The molecule has 3 aromatic rings. The summed E-state index contributed by atoms with van der Waals surface area (Å²) < 4.78 is 2.02. The van der Waals surface area contributed by atoms with Gasteiger partial charge in [-0.05, 0) is 58.2 Å². The van der Waals surface area contributed by atoms with E-state index in [1.165, 1.54) is 5.56 Å². The number of aryl methyl sites for hydroxylation is 2. The topological polar surface area (TPSA) is 101 Å². The van der Waals surface area contributed by atoms with Crippen molar-refractivity contribution in [3.05, 3.63) is 35.4 Å². The normalized spacial score (nSPS) is 13.7. The maximum Gasteiger partial charge on any atom is 0.227 e. The molecule has 0 saturated carbocycles. The molecule has 0 saturated heterocycles. The van der Waals surface area contributed by atoms with Gasteiger partial charge >= 0.3 is 0 Å². The predicted octanol–water partition coefficient (Wildman–Crippen LogP) is 3.60. The van der Waals surface area contributed by atoms with Crippen molar-refractivity contribution in [3.63, 3.8) is 0 Å². The van der Waals surface area contributed by atoms with Gasteiger partial charge in [0.25, 0.3) is 0 Å². The van der Waals surface area contributed by atoms with Gasteiger partial charge in [-0.2, -0.15) is 9.97 Å². The smallest absolute Gasteiger partial charge is 0.227 e. The number of imidazole rings is 1. The molecule has 0 spiro atoms. The average Bonchev–Trinajstić information content (AvgIpc) is 3.09. The van der Waals surface area contributed by atoms with Crippen LogP contribution >= 0.6 is 0 Å². The summed E-state index contributed by atoms with van der Waals surface area (Å²) in [6.45, 7) is 12.6. The third-order valence-electron chi connectivity index (χ3n) is 5.12. The maximum absolute atomic E-state index is 10.0. The molecular weight excluding hydrogens is 366 g/mol. The number of fused-ring (bicyclic) bond motifs is 1. The lowest BCUT2D eigenvalue weighted by Gasteiger charge is -2.20. The summed E-state index contributed by atoms with van der Waals surface area (Å²) in [6, 6.07) is 2.17. The number of nitrogens with one attached hydrogen (secondary N) is 2. The van der Waals surface area contributed by atoms with Crippen LogP contribution in [-0.4, -0.2) is 41.8 Å². The Bertz CT molecular complexity index is 981. The van der Waals surface area contributed by atoms with Crippen molar-refractivity contribution >= 4 is 22.9 Å². The van der Waals surface area contributed by atoms with Crippen LogP contribution in [0.1, 0.15) is 57.0 Å². The van der Waals surface area contributed by atoms with Crippen LogP contribution < -0.4 is 10.6 Å². The fourth-order valence-corrected chi connectivity index (χ4v) is 3.30. The molecule has 8 heteroatoms. The summed E-state index contributed by atoms with van der Waals surface area (Å²) in [6.07, 6.45) is 3.94. The van der Waals surface area contributed by atoms with Crippen LogP contribution in [-0.2, 0) is 6.54 Å². The first-order chi connectivity index (χ1) is 13.8. The van der Waals surface area contributed by atoms with Crippen LogP contribution in [0.15, 0.2) is 18.6 Å². The van der Waals surface area contributed by atoms with Crippen LogP contribution in [0.5, 0.6) is 0 Å². The number of hydrogen-bond donors (Lipinski definition) is 3. The van der Waals surface area contributed by atoms with Crippen molar-refractivity contribution in [1.29, 1.82) is 0 Å². The molecule has 0 amide bonds. The number of pyridine rings is 1. The molecule has 0 aliphatic carbocycles. The van der Waals surface area contributed by atoms with E-state index >= 15 is 0 Å². The van der Waals surface area contributed by atoms with E-state index in [0.717, 1.165) is 28.8 Å². The Hall–Kier alpha value is -2.74. The van der Waals surface area contributed by atoms with E-state index in [1.54, 1.807) is 13.3 Å². The first-order valence-electron chi connectivity index (χ1n) is 10.1. The molecule has 8 nitrogen and oxygen atoms in total. The number of aliphatic hydroxyl groups excluding tert-OH is 1. The van der Waals surface area contributed by atoms with Crippen LogP contribution in [0.2, 0.25) is 0 Å². The zero-order valence-electron chi connectivity index (χ0n) is 18.1. The number of anilines is 2. The lowest BCUT2D eigenvalue weighted by molar-refractivity contribution is 0.169. The molecule has 0 aromatic carbocycles. The molecule has 3 aromatic heterocycles. The lowest BCUT2D eigenvalue weighted by atomic mass is 10.1. The minimum atomic E-state index is -0.507. The molecule has 3 heterocycles. The van der Waals surface area contributed by atoms with Crippen LogP contribution in [0, 0.1) is 13.8 Å². The van der Waals surface area contributed by atoms with E-state index in [9.17, 15) is 5.11 Å². The number of rotatable bonds is 8. The highest BCUT2D eigenvalue weighted by Gasteiger charge is 2.18. The van der Waals surface area contributed by atoms with E-state index in [2.05, 4.69) is 57.4 Å². The number of nitrogens with zero attached hydrogens (tertiary/aromatic N) is 5. The van der Waals surface area contributed by atoms with Crippen molar-refractivity contribution in [2.45, 2.75) is 72.7 Å². The van der Waals surface area contributed by atoms with Crippen LogP contribution in [0.4, 0.5) is 11.8 Å². The van der Waals surface area contributed by atoms with Gasteiger partial charge in [-0.3, -0.25) is 4.98 Å². The Morgan fingerprint density at radius 1 is 1.14 bits per heavy atom. The second kappa shape index (κ2) is 8.73. The first kappa shape index (κ1) is 21.0. The monoisotopic (exact) mass is 397 g/mol. The third-order valence-corrected chi connectivity index (χ3v) is 5.12. The molecule has 3 N–H and O–H groups in total. The Labute approximate surface area is 171 Å². The lowest BCUT2D eigenvalue weighted by Crippen LogP contribution is -2.31. The number of aromatic nitrogens is 5. The molecule has 1 unspecified atom stereocenters. The summed E-state index contributed by atoms with van der Waals surface area (Å²) in [5.41, 5.74) is 4.78. The van der Waals surface area contributed by atoms with E-state index in [-0.39, 0.29) is 12.1 Å². The van der Waals surface area contributed by atoms with Gasteiger partial charge in [0.05, 0.1) is 18.5 Å². The van der Waals surface area contributed by atoms with E-state index in [0.29, 0.717) is 18.3 Å². The molecule has 0 fully saturated rings. The molecule has 3 rings (SSSR count). The van der Waals surface area contributed by atoms with E-state index in [1.807, 2.05) is 24.6 Å². The second-order valence-electron chi connectivity index (χ2n) is 7.82. The zero-order chi connectivity index (χ0) is 21.1. The van der Waals surface area contributed by atoms with Gasteiger partial charge < -0.3 is 20.3 Å². The highest BCUT2D eigenvalue weighted by atomic mass is 16.3. The van der Waals surface area contributed by atoms with Crippen LogP contribution in [0.25, 0.3) is 11.2 Å². The summed E-state index contributed by atoms with van der Waals surface area (Å²) >= 11 is 0. The highest BCUT2D eigenvalue weighted by Crippen LogP contribution is 2.24. The fraction of sp³-hybridized carbons (Fsp3) is 0.524. The van der Waals surface area contributed by atoms with Crippen molar-refractivity contribution in [2.24, 2.45) is 0 Å². The molecule has 0 radical (unpaired) electrons. The number of hydrogen-bond acceptors (Lipinski definition) is 7. The first-order valence-corrected chi connectivity index (χ1v) is 10.1. The Morgan fingerprint density at radius 2 is 1.90 bits per heavy atom. The van der Waals surface area contributed by atoms with E-state index in [4.69, 9.17) is 0 Å². The van der Waals surface area contributed by atoms with Crippen LogP contribution in [0.3, 0.4) is 0 Å². The largest absolute Gasteiger partial charge is 0.391 e. The molecule has 0 aliphatic rings. The quantitative estimate of drug-likeness (QED) is 0.534. The van der Waals surface area contributed by atoms with Gasteiger partial charge in [-0.1, -0.05) is 6.92 Å². The van der Waals surface area contributed by atoms with Gasteiger partial charge in [0.15, 0.2) is 17.0 Å². The molecule has 0 bridgehead atoms. The Morgan fingerprint density at radius 3 is 2.52 bits per heavy atom. The molecular formula is C21H31N7O. The standard InChI is InChI=1S/C21H31N7O/c1-7-17(15(6)29)25-21-26-19(18-20(27-21)28(11-24-18)12(2)3)23-10-16-9-22-14(5)8-13(16)4/h8-9,11-12,15,17,29H,7,10H2,1-6H3,(H2,23,25,26,27)/t15-,17?/m1/s1.